The lowest BCUT2D eigenvalue weighted by atomic mass is 10.3. The van der Waals surface area contributed by atoms with Crippen molar-refractivity contribution >= 4 is 0 Å². The second-order valence-electron chi connectivity index (χ2n) is 4.31. The first-order valence-corrected chi connectivity index (χ1v) is 5.80. The first-order chi connectivity index (χ1) is 8.63. The lowest BCUT2D eigenvalue weighted by Crippen LogP contribution is -2.21. The summed E-state index contributed by atoms with van der Waals surface area (Å²) in [6.45, 7) is 5.12. The van der Waals surface area contributed by atoms with Crippen molar-refractivity contribution in [2.45, 2.75) is 33.0 Å². The van der Waals surface area contributed by atoms with E-state index >= 15 is 0 Å². The van der Waals surface area contributed by atoms with Crippen molar-refractivity contribution in [1.82, 2.24) is 25.2 Å². The molecule has 0 unspecified atom stereocenters. The van der Waals surface area contributed by atoms with Gasteiger partial charge in [-0.05, 0) is 0 Å². The van der Waals surface area contributed by atoms with E-state index in [4.69, 9.17) is 9.26 Å². The van der Waals surface area contributed by atoms with Crippen LogP contribution >= 0.6 is 0 Å². The standard InChI is InChI=1S/C11H17N5O2/c1-8(2)12-5-9-4-10(18-15-9)6-17-11-13-7-16(3)14-11/h4,7-8,12H,5-6H2,1-3H3. The van der Waals surface area contributed by atoms with E-state index in [0.29, 0.717) is 24.4 Å². The van der Waals surface area contributed by atoms with Crippen LogP contribution in [0.2, 0.25) is 0 Å². The van der Waals surface area contributed by atoms with Crippen LogP contribution in [0.4, 0.5) is 0 Å². The molecule has 1 N–H and O–H groups in total. The molecule has 2 aromatic rings. The van der Waals surface area contributed by atoms with Gasteiger partial charge < -0.3 is 14.6 Å². The molecule has 0 aromatic carbocycles. The van der Waals surface area contributed by atoms with Gasteiger partial charge in [-0.1, -0.05) is 19.0 Å². The van der Waals surface area contributed by atoms with Gasteiger partial charge in [-0.2, -0.15) is 4.98 Å². The van der Waals surface area contributed by atoms with Crippen LogP contribution in [0.3, 0.4) is 0 Å². The third kappa shape index (κ3) is 3.56. The molecule has 7 nitrogen and oxygen atoms in total. The Hall–Kier alpha value is -1.89. The van der Waals surface area contributed by atoms with Crippen LogP contribution in [-0.2, 0) is 20.2 Å². The van der Waals surface area contributed by atoms with Gasteiger partial charge in [-0.15, -0.1) is 5.10 Å². The minimum atomic E-state index is 0.276. The van der Waals surface area contributed by atoms with Crippen molar-refractivity contribution in [3.05, 3.63) is 23.8 Å². The van der Waals surface area contributed by atoms with Crippen molar-refractivity contribution in [2.24, 2.45) is 7.05 Å². The molecule has 2 rings (SSSR count). The van der Waals surface area contributed by atoms with Crippen LogP contribution in [-0.4, -0.2) is 26.0 Å². The van der Waals surface area contributed by atoms with E-state index < -0.39 is 0 Å². The molecule has 0 aliphatic carbocycles. The minimum absolute atomic E-state index is 0.276. The molecule has 0 spiro atoms. The van der Waals surface area contributed by atoms with Gasteiger partial charge in [0, 0.05) is 25.7 Å². The maximum absolute atomic E-state index is 5.35. The summed E-state index contributed by atoms with van der Waals surface area (Å²) < 4.78 is 12.1. The third-order valence-corrected chi connectivity index (χ3v) is 2.22. The predicted molar refractivity (Wildman–Crippen MR) is 63.8 cm³/mol. The Labute approximate surface area is 105 Å². The average Bonchev–Trinajstić information content (AvgIpc) is 2.93. The number of rotatable bonds is 6. The topological polar surface area (TPSA) is 78.0 Å². The molecular weight excluding hydrogens is 234 g/mol. The molecular formula is C11H17N5O2. The lowest BCUT2D eigenvalue weighted by Gasteiger charge is -2.03. The second kappa shape index (κ2) is 5.63. The zero-order chi connectivity index (χ0) is 13.0. The normalized spacial score (nSPS) is 11.1. The largest absolute Gasteiger partial charge is 0.454 e. The summed E-state index contributed by atoms with van der Waals surface area (Å²) in [5.41, 5.74) is 0.858. The van der Waals surface area contributed by atoms with E-state index in [1.807, 2.05) is 6.07 Å². The van der Waals surface area contributed by atoms with Crippen LogP contribution in [0.25, 0.3) is 0 Å². The highest BCUT2D eigenvalue weighted by atomic mass is 16.5. The van der Waals surface area contributed by atoms with E-state index in [1.165, 1.54) is 0 Å². The van der Waals surface area contributed by atoms with Crippen molar-refractivity contribution in [1.29, 1.82) is 0 Å². The Morgan fingerprint density at radius 3 is 3.00 bits per heavy atom. The number of aromatic nitrogens is 4. The van der Waals surface area contributed by atoms with Gasteiger partial charge in [0.05, 0.1) is 5.69 Å². The monoisotopic (exact) mass is 251 g/mol. The van der Waals surface area contributed by atoms with Gasteiger partial charge in [0.15, 0.2) is 12.4 Å². The molecule has 0 aliphatic rings. The van der Waals surface area contributed by atoms with Crippen molar-refractivity contribution in [3.63, 3.8) is 0 Å². The second-order valence-corrected chi connectivity index (χ2v) is 4.31. The van der Waals surface area contributed by atoms with Crippen LogP contribution in [0.5, 0.6) is 6.01 Å². The third-order valence-electron chi connectivity index (χ3n) is 2.22. The Kier molecular flexibility index (Phi) is 3.93. The van der Waals surface area contributed by atoms with Crippen molar-refractivity contribution in [2.75, 3.05) is 0 Å². The Balaban J connectivity index is 1.83. The molecule has 98 valence electrons. The molecule has 0 bridgehead atoms. The molecule has 0 amide bonds. The molecule has 2 heterocycles. The molecule has 0 aliphatic heterocycles. The summed E-state index contributed by atoms with van der Waals surface area (Å²) in [4.78, 5) is 3.95. The molecule has 0 saturated carbocycles. The molecule has 0 radical (unpaired) electrons. The summed E-state index contributed by atoms with van der Waals surface area (Å²) >= 11 is 0. The van der Waals surface area contributed by atoms with E-state index in [9.17, 15) is 0 Å². The first kappa shape index (κ1) is 12.6. The maximum atomic E-state index is 5.35. The first-order valence-electron chi connectivity index (χ1n) is 5.80. The van der Waals surface area contributed by atoms with E-state index in [1.54, 1.807) is 18.1 Å². The van der Waals surface area contributed by atoms with Crippen LogP contribution in [0, 0.1) is 0 Å². The van der Waals surface area contributed by atoms with Gasteiger partial charge in [-0.25, -0.2) is 0 Å². The number of hydrogen-bond donors (Lipinski definition) is 1. The summed E-state index contributed by atoms with van der Waals surface area (Å²) in [5, 5.41) is 11.2. The van der Waals surface area contributed by atoms with Crippen LogP contribution in [0.1, 0.15) is 25.3 Å². The van der Waals surface area contributed by atoms with Gasteiger partial charge in [-0.3, -0.25) is 4.68 Å². The lowest BCUT2D eigenvalue weighted by molar-refractivity contribution is 0.232. The SMILES string of the molecule is CC(C)NCc1cc(COc2ncn(C)n2)on1. The summed E-state index contributed by atoms with van der Waals surface area (Å²) in [6, 6.07) is 2.60. The molecule has 0 saturated heterocycles. The molecule has 0 atom stereocenters. The quantitative estimate of drug-likeness (QED) is 0.821. The number of aryl methyl sites for hydroxylation is 1. The van der Waals surface area contributed by atoms with E-state index in [-0.39, 0.29) is 6.61 Å². The zero-order valence-corrected chi connectivity index (χ0v) is 10.8. The predicted octanol–water partition coefficient (Wildman–Crippen LogP) is 0.880. The molecule has 7 heteroatoms. The highest BCUT2D eigenvalue weighted by Gasteiger charge is 2.07. The Bertz CT molecular complexity index is 491. The van der Waals surface area contributed by atoms with Crippen LogP contribution in [0.15, 0.2) is 16.9 Å². The van der Waals surface area contributed by atoms with Crippen LogP contribution < -0.4 is 10.1 Å². The maximum Gasteiger partial charge on any atom is 0.335 e. The smallest absolute Gasteiger partial charge is 0.335 e. The summed E-state index contributed by atoms with van der Waals surface area (Å²) in [5.74, 6) is 0.656. The van der Waals surface area contributed by atoms with Gasteiger partial charge in [0.2, 0.25) is 0 Å². The number of nitrogens with one attached hydrogen (secondary N) is 1. The molecule has 18 heavy (non-hydrogen) atoms. The number of hydrogen-bond acceptors (Lipinski definition) is 6. The van der Waals surface area contributed by atoms with Crippen molar-refractivity contribution < 1.29 is 9.26 Å². The number of ether oxygens (including phenoxy) is 1. The van der Waals surface area contributed by atoms with E-state index in [2.05, 4.69) is 34.4 Å². The fourth-order valence-electron chi connectivity index (χ4n) is 1.34. The highest BCUT2D eigenvalue weighted by molar-refractivity contribution is 5.05. The molecule has 0 fully saturated rings. The van der Waals surface area contributed by atoms with Gasteiger partial charge in [0.25, 0.3) is 0 Å². The fourth-order valence-corrected chi connectivity index (χ4v) is 1.34. The zero-order valence-electron chi connectivity index (χ0n) is 10.8. The average molecular weight is 251 g/mol. The highest BCUT2D eigenvalue weighted by Crippen LogP contribution is 2.07. The molecule has 2 aromatic heterocycles. The van der Waals surface area contributed by atoms with Crippen molar-refractivity contribution in [3.8, 4) is 6.01 Å². The van der Waals surface area contributed by atoms with Gasteiger partial charge >= 0.3 is 6.01 Å². The summed E-state index contributed by atoms with van der Waals surface area (Å²) in [7, 11) is 1.78. The Morgan fingerprint density at radius 1 is 1.50 bits per heavy atom. The summed E-state index contributed by atoms with van der Waals surface area (Å²) in [6.07, 6.45) is 1.58. The fraction of sp³-hybridized carbons (Fsp3) is 0.545. The number of nitrogens with zero attached hydrogens (tertiary/aromatic N) is 4. The minimum Gasteiger partial charge on any atom is -0.454 e. The van der Waals surface area contributed by atoms with E-state index in [0.717, 1.165) is 5.69 Å². The Morgan fingerprint density at radius 2 is 2.33 bits per heavy atom. The van der Waals surface area contributed by atoms with Gasteiger partial charge in [0.1, 0.15) is 6.33 Å².